The van der Waals surface area contributed by atoms with Crippen LogP contribution in [0.15, 0.2) is 40.2 Å². The van der Waals surface area contributed by atoms with E-state index >= 15 is 0 Å². The smallest absolute Gasteiger partial charge is 0.319 e. The van der Waals surface area contributed by atoms with Crippen molar-refractivity contribution >= 4 is 23.1 Å². The lowest BCUT2D eigenvalue weighted by Gasteiger charge is -2.12. The molecule has 0 aliphatic heterocycles. The van der Waals surface area contributed by atoms with Crippen molar-refractivity contribution in [2.45, 2.75) is 33.2 Å². The van der Waals surface area contributed by atoms with Gasteiger partial charge in [0.25, 0.3) is 5.89 Å². The molecule has 6 nitrogen and oxygen atoms in total. The van der Waals surface area contributed by atoms with Gasteiger partial charge in [0.05, 0.1) is 4.88 Å². The van der Waals surface area contributed by atoms with Crippen LogP contribution in [0.1, 0.15) is 25.8 Å². The van der Waals surface area contributed by atoms with E-state index in [-0.39, 0.29) is 12.1 Å². The summed E-state index contributed by atoms with van der Waals surface area (Å²) in [6.07, 6.45) is 0.876. The van der Waals surface area contributed by atoms with Crippen LogP contribution in [-0.2, 0) is 0 Å². The number of urea groups is 1. The minimum absolute atomic E-state index is 0.122. The second-order valence-electron chi connectivity index (χ2n) is 5.84. The summed E-state index contributed by atoms with van der Waals surface area (Å²) in [7, 11) is 0. The number of anilines is 1. The molecule has 0 bridgehead atoms. The molecule has 1 aromatic carbocycles. The Balaban J connectivity index is 1.77. The quantitative estimate of drug-likeness (QED) is 0.695. The number of thiophene rings is 1. The molecule has 2 aromatic heterocycles. The molecule has 1 atom stereocenters. The van der Waals surface area contributed by atoms with Gasteiger partial charge < -0.3 is 15.2 Å². The molecule has 0 saturated carbocycles. The second kappa shape index (κ2) is 7.48. The zero-order valence-corrected chi connectivity index (χ0v) is 15.2. The molecule has 0 fully saturated rings. The number of nitrogens with one attached hydrogen (secondary N) is 2. The number of carbonyl (C=O) groups is 1. The minimum Gasteiger partial charge on any atom is -0.335 e. The molecule has 7 heteroatoms. The van der Waals surface area contributed by atoms with Crippen molar-refractivity contribution in [3.63, 3.8) is 0 Å². The van der Waals surface area contributed by atoms with Crippen LogP contribution in [0.25, 0.3) is 22.2 Å². The lowest BCUT2D eigenvalue weighted by Crippen LogP contribution is -2.35. The second-order valence-corrected chi connectivity index (χ2v) is 6.76. The van der Waals surface area contributed by atoms with Crippen LogP contribution >= 0.6 is 11.3 Å². The van der Waals surface area contributed by atoms with E-state index in [9.17, 15) is 4.79 Å². The van der Waals surface area contributed by atoms with E-state index < -0.39 is 0 Å². The van der Waals surface area contributed by atoms with Crippen LogP contribution in [0.4, 0.5) is 10.5 Å². The van der Waals surface area contributed by atoms with Gasteiger partial charge in [-0.3, -0.25) is 0 Å². The van der Waals surface area contributed by atoms with Gasteiger partial charge in [-0.1, -0.05) is 24.2 Å². The van der Waals surface area contributed by atoms with Gasteiger partial charge in [-0.25, -0.2) is 4.79 Å². The summed E-state index contributed by atoms with van der Waals surface area (Å²) < 4.78 is 5.38. The normalized spacial score (nSPS) is 12.0. The van der Waals surface area contributed by atoms with E-state index in [1.807, 2.05) is 56.5 Å². The molecule has 2 heterocycles. The van der Waals surface area contributed by atoms with Gasteiger partial charge in [-0.2, -0.15) is 4.98 Å². The van der Waals surface area contributed by atoms with Crippen molar-refractivity contribution in [1.82, 2.24) is 15.5 Å². The first-order valence-corrected chi connectivity index (χ1v) is 9.01. The molecule has 3 aromatic rings. The summed E-state index contributed by atoms with van der Waals surface area (Å²) in [6, 6.07) is 9.29. The van der Waals surface area contributed by atoms with Crippen LogP contribution < -0.4 is 10.6 Å². The van der Waals surface area contributed by atoms with Crippen molar-refractivity contribution in [3.05, 3.63) is 41.3 Å². The largest absolute Gasteiger partial charge is 0.335 e. The van der Waals surface area contributed by atoms with E-state index in [0.717, 1.165) is 22.4 Å². The number of amides is 2. The maximum absolute atomic E-state index is 12.0. The summed E-state index contributed by atoms with van der Waals surface area (Å²) in [5.41, 5.74) is 2.57. The highest BCUT2D eigenvalue weighted by Gasteiger charge is 2.14. The summed E-state index contributed by atoms with van der Waals surface area (Å²) in [5, 5.41) is 11.7. The minimum atomic E-state index is -0.227. The molecule has 25 heavy (non-hydrogen) atoms. The lowest BCUT2D eigenvalue weighted by molar-refractivity contribution is 0.249. The third-order valence-corrected chi connectivity index (χ3v) is 4.86. The van der Waals surface area contributed by atoms with Gasteiger partial charge in [0.2, 0.25) is 5.82 Å². The highest BCUT2D eigenvalue weighted by atomic mass is 32.1. The third kappa shape index (κ3) is 4.06. The first-order valence-electron chi connectivity index (χ1n) is 8.13. The third-order valence-electron chi connectivity index (χ3n) is 3.85. The van der Waals surface area contributed by atoms with Crippen molar-refractivity contribution < 1.29 is 9.32 Å². The van der Waals surface area contributed by atoms with Gasteiger partial charge in [-0.15, -0.1) is 11.3 Å². The van der Waals surface area contributed by atoms with Crippen LogP contribution in [0.3, 0.4) is 0 Å². The van der Waals surface area contributed by atoms with E-state index in [1.54, 1.807) is 11.3 Å². The molecule has 1 unspecified atom stereocenters. The molecular weight excluding hydrogens is 336 g/mol. The fourth-order valence-corrected chi connectivity index (χ4v) is 3.10. The van der Waals surface area contributed by atoms with Crippen LogP contribution in [0.2, 0.25) is 0 Å². The van der Waals surface area contributed by atoms with Gasteiger partial charge in [0.15, 0.2) is 0 Å². The fraction of sp³-hybridized carbons (Fsp3) is 0.278. The van der Waals surface area contributed by atoms with Gasteiger partial charge in [-0.05, 0) is 49.4 Å². The fourth-order valence-electron chi connectivity index (χ4n) is 2.25. The molecule has 0 saturated heterocycles. The molecule has 0 aliphatic carbocycles. The molecule has 130 valence electrons. The Labute approximate surface area is 150 Å². The Kier molecular flexibility index (Phi) is 5.14. The standard InChI is InChI=1S/C18H20N4O2S/c1-4-12(3)19-18(23)20-14-7-5-6-13(10-14)16-21-17(24-22-16)15-11(2)8-9-25-15/h5-10,12H,4H2,1-3H3,(H2,19,20,23). The Hall–Kier alpha value is -2.67. The lowest BCUT2D eigenvalue weighted by atomic mass is 10.2. The van der Waals surface area contributed by atoms with Crippen LogP contribution in [0, 0.1) is 6.92 Å². The number of rotatable bonds is 5. The molecule has 2 N–H and O–H groups in total. The Morgan fingerprint density at radius 1 is 1.36 bits per heavy atom. The molecule has 3 rings (SSSR count). The molecule has 0 aliphatic rings. The predicted octanol–water partition coefficient (Wildman–Crippen LogP) is 4.69. The summed E-state index contributed by atoms with van der Waals surface area (Å²) in [4.78, 5) is 17.4. The highest BCUT2D eigenvalue weighted by Crippen LogP contribution is 2.29. The van der Waals surface area contributed by atoms with Crippen LogP contribution in [-0.4, -0.2) is 22.2 Å². The van der Waals surface area contributed by atoms with E-state index in [1.165, 1.54) is 0 Å². The average Bonchev–Trinajstić information content (AvgIpc) is 3.23. The number of hydrogen-bond donors (Lipinski definition) is 2. The van der Waals surface area contributed by atoms with Gasteiger partial charge in [0, 0.05) is 17.3 Å². The number of aryl methyl sites for hydroxylation is 1. The average molecular weight is 356 g/mol. The topological polar surface area (TPSA) is 80.0 Å². The Morgan fingerprint density at radius 2 is 2.20 bits per heavy atom. The zero-order valence-electron chi connectivity index (χ0n) is 14.4. The maximum atomic E-state index is 12.0. The number of carbonyl (C=O) groups excluding carboxylic acids is 1. The SMILES string of the molecule is CCC(C)NC(=O)Nc1cccc(-c2noc(-c3sccc3C)n2)c1. The van der Waals surface area contributed by atoms with E-state index in [0.29, 0.717) is 17.4 Å². The monoisotopic (exact) mass is 356 g/mol. The Morgan fingerprint density at radius 3 is 2.92 bits per heavy atom. The summed E-state index contributed by atoms with van der Waals surface area (Å²) in [5.74, 6) is 1.00. The molecule has 0 spiro atoms. The van der Waals surface area contributed by atoms with Crippen LogP contribution in [0.5, 0.6) is 0 Å². The first-order chi connectivity index (χ1) is 12.1. The number of aromatic nitrogens is 2. The Bertz CT molecular complexity index is 871. The van der Waals surface area contributed by atoms with Gasteiger partial charge in [0.1, 0.15) is 0 Å². The van der Waals surface area contributed by atoms with Gasteiger partial charge >= 0.3 is 6.03 Å². The van der Waals surface area contributed by atoms with Crippen molar-refractivity contribution in [1.29, 1.82) is 0 Å². The number of hydrogen-bond acceptors (Lipinski definition) is 5. The van der Waals surface area contributed by atoms with E-state index in [2.05, 4.69) is 20.8 Å². The highest BCUT2D eigenvalue weighted by molar-refractivity contribution is 7.13. The number of nitrogens with zero attached hydrogens (tertiary/aromatic N) is 2. The molecule has 0 radical (unpaired) electrons. The molecular formula is C18H20N4O2S. The molecule has 2 amide bonds. The van der Waals surface area contributed by atoms with E-state index in [4.69, 9.17) is 4.52 Å². The van der Waals surface area contributed by atoms with Crippen molar-refractivity contribution in [2.24, 2.45) is 0 Å². The first kappa shape index (κ1) is 17.2. The van der Waals surface area contributed by atoms with Crippen molar-refractivity contribution in [2.75, 3.05) is 5.32 Å². The van der Waals surface area contributed by atoms with Crippen molar-refractivity contribution in [3.8, 4) is 22.2 Å². The zero-order chi connectivity index (χ0) is 17.8. The summed E-state index contributed by atoms with van der Waals surface area (Å²) in [6.45, 7) is 5.99. The predicted molar refractivity (Wildman–Crippen MR) is 99.7 cm³/mol. The summed E-state index contributed by atoms with van der Waals surface area (Å²) >= 11 is 1.57. The number of benzene rings is 1. The maximum Gasteiger partial charge on any atom is 0.319 e.